The van der Waals surface area contributed by atoms with Crippen LogP contribution in [0.5, 0.6) is 11.5 Å². The van der Waals surface area contributed by atoms with Crippen LogP contribution in [0.15, 0.2) is 63.0 Å². The Hall–Kier alpha value is -2.30. The van der Waals surface area contributed by atoms with Gasteiger partial charge in [0.15, 0.2) is 10.8 Å². The summed E-state index contributed by atoms with van der Waals surface area (Å²) in [6, 6.07) is 15.5. The Labute approximate surface area is 208 Å². The molecule has 0 aliphatic heterocycles. The van der Waals surface area contributed by atoms with Crippen LogP contribution in [0.25, 0.3) is 5.65 Å². The van der Waals surface area contributed by atoms with Gasteiger partial charge < -0.3 is 9.47 Å². The van der Waals surface area contributed by atoms with Crippen LogP contribution in [-0.4, -0.2) is 33.4 Å². The van der Waals surface area contributed by atoms with Gasteiger partial charge in [0.05, 0.1) is 30.9 Å². The summed E-state index contributed by atoms with van der Waals surface area (Å²) in [6.07, 6.45) is 0. The molecule has 0 saturated heterocycles. The molecule has 10 heteroatoms. The third kappa shape index (κ3) is 5.02. The number of ether oxygens (including phenoxy) is 2. The number of hydrogen-bond acceptors (Lipinski definition) is 6. The fraction of sp³-hybridized carbons (Fsp3) is 0.227. The van der Waals surface area contributed by atoms with E-state index >= 15 is 0 Å². The lowest BCUT2D eigenvalue weighted by Gasteiger charge is -2.13. The van der Waals surface area contributed by atoms with Gasteiger partial charge in [0.1, 0.15) is 11.5 Å². The van der Waals surface area contributed by atoms with E-state index in [9.17, 15) is 4.79 Å². The summed E-state index contributed by atoms with van der Waals surface area (Å²) in [4.78, 5) is 18.1. The Morgan fingerprint density at radius 3 is 2.09 bits per heavy atom. The number of fused-ring (bicyclic) bond motifs is 1. The third-order valence-electron chi connectivity index (χ3n) is 4.84. The van der Waals surface area contributed by atoms with Crippen molar-refractivity contribution in [2.45, 2.75) is 24.4 Å². The smallest absolute Gasteiger partial charge is 0.353 e. The lowest BCUT2D eigenvalue weighted by molar-refractivity contribution is 0.414. The number of hydrogen-bond donors (Lipinski definition) is 0. The van der Waals surface area contributed by atoms with E-state index in [1.165, 1.54) is 16.3 Å². The molecule has 0 aliphatic rings. The van der Waals surface area contributed by atoms with Crippen molar-refractivity contribution in [1.82, 2.24) is 19.2 Å². The minimum atomic E-state index is -0.230. The van der Waals surface area contributed by atoms with Gasteiger partial charge in [-0.2, -0.15) is 9.61 Å². The number of thioether (sulfide) groups is 1. The second kappa shape index (κ2) is 10.5. The molecular formula is C22H22Br2N4O3S. The number of rotatable bonds is 7. The molecule has 0 amide bonds. The van der Waals surface area contributed by atoms with E-state index in [1.807, 2.05) is 55.5 Å². The Kier molecular flexibility index (Phi) is 8.02. The maximum absolute atomic E-state index is 13.3. The normalized spacial score (nSPS) is 10.8. The minimum absolute atomic E-state index is 0. The van der Waals surface area contributed by atoms with Gasteiger partial charge in [-0.15, -0.1) is 17.0 Å². The standard InChI is InChI=1S/C22H21BrN4O3S.BrH/c1-14-19(23)20-24-21(31-13-16-6-10-18(30-3)11-7-16)26(22(28)27(20)25-14)12-15-4-8-17(29-2)9-5-15;/h4-11H,12-13H2,1-3H3;1H. The first-order valence-electron chi connectivity index (χ1n) is 9.54. The third-order valence-corrected chi connectivity index (χ3v) is 6.81. The highest BCUT2D eigenvalue weighted by atomic mass is 79.9. The molecular weight excluding hydrogens is 560 g/mol. The van der Waals surface area contributed by atoms with Gasteiger partial charge in [-0.3, -0.25) is 4.57 Å². The van der Waals surface area contributed by atoms with Crippen LogP contribution in [-0.2, 0) is 12.3 Å². The lowest BCUT2D eigenvalue weighted by atomic mass is 10.2. The van der Waals surface area contributed by atoms with Crippen molar-refractivity contribution in [3.63, 3.8) is 0 Å². The van der Waals surface area contributed by atoms with Gasteiger partial charge in [0.2, 0.25) is 0 Å². The van der Waals surface area contributed by atoms with Crippen molar-refractivity contribution in [2.24, 2.45) is 0 Å². The number of aromatic nitrogens is 4. The van der Waals surface area contributed by atoms with Crippen molar-refractivity contribution in [1.29, 1.82) is 0 Å². The van der Waals surface area contributed by atoms with E-state index in [1.54, 1.807) is 18.8 Å². The molecule has 0 aliphatic carbocycles. The van der Waals surface area contributed by atoms with E-state index in [2.05, 4.69) is 21.0 Å². The molecule has 32 heavy (non-hydrogen) atoms. The first kappa shape index (κ1) is 24.3. The monoisotopic (exact) mass is 580 g/mol. The maximum Gasteiger partial charge on any atom is 0.353 e. The Balaban J connectivity index is 0.00000289. The molecule has 0 radical (unpaired) electrons. The molecule has 4 aromatic rings. The number of methoxy groups -OCH3 is 2. The Bertz CT molecular complexity index is 1270. The summed E-state index contributed by atoms with van der Waals surface area (Å²) in [5, 5.41) is 4.98. The van der Waals surface area contributed by atoms with Gasteiger partial charge in [0.25, 0.3) is 0 Å². The lowest BCUT2D eigenvalue weighted by Crippen LogP contribution is -2.30. The fourth-order valence-corrected chi connectivity index (χ4v) is 4.38. The molecule has 2 heterocycles. The predicted molar refractivity (Wildman–Crippen MR) is 135 cm³/mol. The summed E-state index contributed by atoms with van der Waals surface area (Å²) in [7, 11) is 3.27. The van der Waals surface area contributed by atoms with Crippen molar-refractivity contribution in [3.05, 3.63) is 80.3 Å². The highest BCUT2D eigenvalue weighted by Crippen LogP contribution is 2.26. The van der Waals surface area contributed by atoms with Crippen LogP contribution in [0.1, 0.15) is 16.8 Å². The van der Waals surface area contributed by atoms with Gasteiger partial charge >= 0.3 is 5.69 Å². The van der Waals surface area contributed by atoms with Gasteiger partial charge in [-0.1, -0.05) is 36.0 Å². The van der Waals surface area contributed by atoms with E-state index in [0.717, 1.165) is 32.8 Å². The van der Waals surface area contributed by atoms with E-state index < -0.39 is 0 Å². The zero-order valence-corrected chi connectivity index (χ0v) is 21.9. The topological polar surface area (TPSA) is 70.7 Å². The predicted octanol–water partition coefficient (Wildman–Crippen LogP) is 4.90. The molecule has 0 bridgehead atoms. The molecule has 7 nitrogen and oxygen atoms in total. The zero-order chi connectivity index (χ0) is 22.0. The zero-order valence-electron chi connectivity index (χ0n) is 17.7. The maximum atomic E-state index is 13.3. The molecule has 0 saturated carbocycles. The first-order chi connectivity index (χ1) is 15.0. The van der Waals surface area contributed by atoms with Crippen LogP contribution in [0, 0.1) is 6.92 Å². The molecule has 4 rings (SSSR count). The highest BCUT2D eigenvalue weighted by Gasteiger charge is 2.17. The van der Waals surface area contributed by atoms with Crippen LogP contribution >= 0.6 is 44.7 Å². The number of nitrogens with zero attached hydrogens (tertiary/aromatic N) is 4. The molecule has 2 aromatic carbocycles. The Morgan fingerprint density at radius 2 is 1.53 bits per heavy atom. The molecule has 0 atom stereocenters. The number of halogens is 2. The molecule has 168 valence electrons. The summed E-state index contributed by atoms with van der Waals surface area (Å²) >= 11 is 5.02. The largest absolute Gasteiger partial charge is 0.497 e. The van der Waals surface area contributed by atoms with Crippen molar-refractivity contribution in [3.8, 4) is 11.5 Å². The highest BCUT2D eigenvalue weighted by molar-refractivity contribution is 9.10. The van der Waals surface area contributed by atoms with Crippen molar-refractivity contribution >= 4 is 50.3 Å². The van der Waals surface area contributed by atoms with E-state index in [0.29, 0.717) is 23.1 Å². The van der Waals surface area contributed by atoms with Gasteiger partial charge in [-0.05, 0) is 58.2 Å². The second-order valence-corrected chi connectivity index (χ2v) is 8.62. The number of benzene rings is 2. The summed E-state index contributed by atoms with van der Waals surface area (Å²) in [5.74, 6) is 2.24. The first-order valence-corrected chi connectivity index (χ1v) is 11.3. The number of aryl methyl sites for hydroxylation is 1. The van der Waals surface area contributed by atoms with Crippen LogP contribution in [0.3, 0.4) is 0 Å². The summed E-state index contributed by atoms with van der Waals surface area (Å²) in [5.41, 5.74) is 3.09. The summed E-state index contributed by atoms with van der Waals surface area (Å²) in [6.45, 7) is 2.23. The average Bonchev–Trinajstić information content (AvgIpc) is 3.09. The van der Waals surface area contributed by atoms with Crippen LogP contribution < -0.4 is 15.2 Å². The fourth-order valence-electron chi connectivity index (χ4n) is 3.10. The molecule has 0 spiro atoms. The van der Waals surface area contributed by atoms with E-state index in [-0.39, 0.29) is 22.7 Å². The minimum Gasteiger partial charge on any atom is -0.497 e. The second-order valence-electron chi connectivity index (χ2n) is 6.88. The van der Waals surface area contributed by atoms with Crippen LogP contribution in [0.4, 0.5) is 0 Å². The van der Waals surface area contributed by atoms with Crippen LogP contribution in [0.2, 0.25) is 0 Å². The van der Waals surface area contributed by atoms with Gasteiger partial charge in [-0.25, -0.2) is 9.78 Å². The van der Waals surface area contributed by atoms with Crippen molar-refractivity contribution in [2.75, 3.05) is 14.2 Å². The SMILES string of the molecule is Br.COc1ccc(CSc2nc3c(Br)c(C)nn3c(=O)n2Cc2ccc(OC)cc2)cc1. The van der Waals surface area contributed by atoms with E-state index in [4.69, 9.17) is 14.5 Å². The van der Waals surface area contributed by atoms with Crippen molar-refractivity contribution < 1.29 is 9.47 Å². The molecule has 0 unspecified atom stereocenters. The van der Waals surface area contributed by atoms with Gasteiger partial charge in [0, 0.05) is 5.75 Å². The molecule has 0 fully saturated rings. The quantitative estimate of drug-likeness (QED) is 0.289. The Morgan fingerprint density at radius 1 is 0.969 bits per heavy atom. The average molecular weight is 582 g/mol. The molecule has 0 N–H and O–H groups in total. The molecule has 2 aromatic heterocycles. The summed E-state index contributed by atoms with van der Waals surface area (Å²) < 4.78 is 14.2.